The Morgan fingerprint density at radius 2 is 2.10 bits per heavy atom. The summed E-state index contributed by atoms with van der Waals surface area (Å²) in [7, 11) is 1.41. The molecule has 0 saturated heterocycles. The third kappa shape index (κ3) is 5.26. The first-order valence-electron chi connectivity index (χ1n) is 9.36. The van der Waals surface area contributed by atoms with Crippen LogP contribution in [0.15, 0.2) is 47.1 Å². The van der Waals surface area contributed by atoms with Crippen molar-refractivity contribution in [3.8, 4) is 11.6 Å². The summed E-state index contributed by atoms with van der Waals surface area (Å²) in [5.41, 5.74) is 1.56. The van der Waals surface area contributed by atoms with Gasteiger partial charge in [-0.15, -0.1) is 5.10 Å². The van der Waals surface area contributed by atoms with E-state index in [1.54, 1.807) is 30.5 Å². The first-order valence-corrected chi connectivity index (χ1v) is 9.36. The van der Waals surface area contributed by atoms with Crippen LogP contribution in [-0.2, 0) is 13.2 Å². The average molecular weight is 425 g/mol. The Labute approximate surface area is 176 Å². The number of hydrogen-bond acceptors (Lipinski definition) is 9. The SMILES string of the molecule is COc1cc(COc2cc(Nc3ccnc(NCc4cc(C)no4)n3)[nH]n2)ccc1F. The zero-order chi connectivity index (χ0) is 21.6. The van der Waals surface area contributed by atoms with Crippen LogP contribution in [0.1, 0.15) is 17.0 Å². The smallest absolute Gasteiger partial charge is 0.235 e. The minimum Gasteiger partial charge on any atom is -0.494 e. The lowest BCUT2D eigenvalue weighted by Gasteiger charge is -2.06. The number of nitrogens with one attached hydrogen (secondary N) is 3. The molecule has 11 heteroatoms. The predicted molar refractivity (Wildman–Crippen MR) is 110 cm³/mol. The van der Waals surface area contributed by atoms with Gasteiger partial charge in [0.05, 0.1) is 19.3 Å². The van der Waals surface area contributed by atoms with Gasteiger partial charge in [-0.1, -0.05) is 11.2 Å². The van der Waals surface area contributed by atoms with Crippen LogP contribution in [0.25, 0.3) is 0 Å². The molecule has 0 aliphatic heterocycles. The number of aromatic amines is 1. The van der Waals surface area contributed by atoms with Crippen molar-refractivity contribution in [2.24, 2.45) is 0 Å². The summed E-state index contributed by atoms with van der Waals surface area (Å²) in [4.78, 5) is 8.57. The lowest BCUT2D eigenvalue weighted by atomic mass is 10.2. The van der Waals surface area contributed by atoms with Crippen molar-refractivity contribution >= 4 is 17.6 Å². The van der Waals surface area contributed by atoms with E-state index in [0.717, 1.165) is 11.3 Å². The summed E-state index contributed by atoms with van der Waals surface area (Å²) >= 11 is 0. The van der Waals surface area contributed by atoms with Crippen LogP contribution >= 0.6 is 0 Å². The quantitative estimate of drug-likeness (QED) is 0.369. The standard InChI is InChI=1S/C20H20FN7O3/c1-12-7-14(31-28-12)10-23-20-22-6-5-17(25-20)24-18-9-19(27-26-18)30-11-13-3-4-15(21)16(8-13)29-2/h3-9H,10-11H2,1-2H3,(H3,22,23,24,25,26,27). The largest absolute Gasteiger partial charge is 0.494 e. The molecule has 3 aromatic heterocycles. The van der Waals surface area contributed by atoms with E-state index in [0.29, 0.717) is 35.8 Å². The molecule has 3 N–H and O–H groups in total. The van der Waals surface area contributed by atoms with E-state index in [1.807, 2.05) is 13.0 Å². The molecule has 1 aromatic carbocycles. The molecular weight excluding hydrogens is 405 g/mol. The van der Waals surface area contributed by atoms with Crippen LogP contribution < -0.4 is 20.1 Å². The maximum atomic E-state index is 13.5. The van der Waals surface area contributed by atoms with Gasteiger partial charge in [0, 0.05) is 18.3 Å². The number of aryl methyl sites for hydroxylation is 1. The molecule has 160 valence electrons. The van der Waals surface area contributed by atoms with Gasteiger partial charge in [0.2, 0.25) is 11.8 Å². The second kappa shape index (κ2) is 9.11. The van der Waals surface area contributed by atoms with Crippen molar-refractivity contribution < 1.29 is 18.4 Å². The van der Waals surface area contributed by atoms with Gasteiger partial charge in [-0.05, 0) is 30.7 Å². The maximum Gasteiger partial charge on any atom is 0.235 e. The van der Waals surface area contributed by atoms with E-state index in [2.05, 4.69) is 36.0 Å². The van der Waals surface area contributed by atoms with Crippen molar-refractivity contribution in [1.82, 2.24) is 25.3 Å². The molecule has 4 aromatic rings. The number of aromatic nitrogens is 5. The molecule has 0 radical (unpaired) electrons. The van der Waals surface area contributed by atoms with Crippen LogP contribution in [0.3, 0.4) is 0 Å². The highest BCUT2D eigenvalue weighted by Gasteiger charge is 2.08. The number of H-pyrrole nitrogens is 1. The van der Waals surface area contributed by atoms with E-state index in [-0.39, 0.29) is 12.4 Å². The van der Waals surface area contributed by atoms with Gasteiger partial charge in [0.15, 0.2) is 17.3 Å². The molecular formula is C20H20FN7O3. The Bertz CT molecular complexity index is 1160. The monoisotopic (exact) mass is 425 g/mol. The fourth-order valence-corrected chi connectivity index (χ4v) is 2.71. The van der Waals surface area contributed by atoms with Crippen molar-refractivity contribution in [1.29, 1.82) is 0 Å². The summed E-state index contributed by atoms with van der Waals surface area (Å²) in [5.74, 6) is 2.38. The van der Waals surface area contributed by atoms with Crippen molar-refractivity contribution in [3.63, 3.8) is 0 Å². The highest BCUT2D eigenvalue weighted by atomic mass is 19.1. The number of rotatable bonds is 9. The Morgan fingerprint density at radius 3 is 2.90 bits per heavy atom. The molecule has 0 unspecified atom stereocenters. The number of nitrogens with zero attached hydrogens (tertiary/aromatic N) is 4. The predicted octanol–water partition coefficient (Wildman–Crippen LogP) is 3.58. The van der Waals surface area contributed by atoms with Crippen LogP contribution in [0.2, 0.25) is 0 Å². The number of hydrogen-bond donors (Lipinski definition) is 3. The van der Waals surface area contributed by atoms with Gasteiger partial charge in [0.25, 0.3) is 0 Å². The molecule has 0 saturated carbocycles. The molecule has 0 bridgehead atoms. The number of anilines is 3. The van der Waals surface area contributed by atoms with Gasteiger partial charge in [-0.25, -0.2) is 9.37 Å². The van der Waals surface area contributed by atoms with Crippen LogP contribution in [0.4, 0.5) is 22.0 Å². The van der Waals surface area contributed by atoms with Crippen LogP contribution in [0, 0.1) is 12.7 Å². The summed E-state index contributed by atoms with van der Waals surface area (Å²) in [5, 5.41) is 16.9. The highest BCUT2D eigenvalue weighted by molar-refractivity contribution is 5.53. The third-order valence-corrected chi connectivity index (χ3v) is 4.17. The normalized spacial score (nSPS) is 10.7. The summed E-state index contributed by atoms with van der Waals surface area (Å²) in [6.07, 6.45) is 1.62. The second-order valence-corrected chi connectivity index (χ2v) is 6.56. The maximum absolute atomic E-state index is 13.5. The second-order valence-electron chi connectivity index (χ2n) is 6.56. The molecule has 0 aliphatic carbocycles. The van der Waals surface area contributed by atoms with E-state index >= 15 is 0 Å². The van der Waals surface area contributed by atoms with Gasteiger partial charge in [-0.3, -0.25) is 5.10 Å². The molecule has 0 atom stereocenters. The van der Waals surface area contributed by atoms with E-state index in [4.69, 9.17) is 14.0 Å². The highest BCUT2D eigenvalue weighted by Crippen LogP contribution is 2.21. The molecule has 10 nitrogen and oxygen atoms in total. The third-order valence-electron chi connectivity index (χ3n) is 4.17. The fraction of sp³-hybridized carbons (Fsp3) is 0.200. The van der Waals surface area contributed by atoms with Crippen LogP contribution in [-0.4, -0.2) is 32.4 Å². The number of halogens is 1. The number of benzene rings is 1. The number of methoxy groups -OCH3 is 1. The fourth-order valence-electron chi connectivity index (χ4n) is 2.71. The molecule has 3 heterocycles. The Morgan fingerprint density at radius 1 is 1.19 bits per heavy atom. The van der Waals surface area contributed by atoms with Gasteiger partial charge >= 0.3 is 0 Å². The van der Waals surface area contributed by atoms with E-state index in [1.165, 1.54) is 13.2 Å². The summed E-state index contributed by atoms with van der Waals surface area (Å²) < 4.78 is 29.3. The first kappa shape index (κ1) is 20.1. The van der Waals surface area contributed by atoms with Gasteiger partial charge in [0.1, 0.15) is 18.2 Å². The topological polar surface area (TPSA) is 123 Å². The minimum absolute atomic E-state index is 0.164. The molecule has 0 amide bonds. The molecule has 4 rings (SSSR count). The van der Waals surface area contributed by atoms with Crippen molar-refractivity contribution in [3.05, 3.63) is 65.4 Å². The Balaban J connectivity index is 1.33. The Kier molecular flexibility index (Phi) is 5.92. The molecule has 0 spiro atoms. The van der Waals surface area contributed by atoms with Gasteiger partial charge < -0.3 is 24.6 Å². The summed E-state index contributed by atoms with van der Waals surface area (Å²) in [6.45, 7) is 2.48. The molecule has 0 aliphatic rings. The zero-order valence-corrected chi connectivity index (χ0v) is 16.8. The van der Waals surface area contributed by atoms with Crippen LogP contribution in [0.5, 0.6) is 11.6 Å². The average Bonchev–Trinajstić information content (AvgIpc) is 3.40. The van der Waals surface area contributed by atoms with Crippen molar-refractivity contribution in [2.75, 3.05) is 17.7 Å². The molecule has 0 fully saturated rings. The molecule has 31 heavy (non-hydrogen) atoms. The van der Waals surface area contributed by atoms with E-state index < -0.39 is 5.82 Å². The lowest BCUT2D eigenvalue weighted by molar-refractivity contribution is 0.292. The number of ether oxygens (including phenoxy) is 2. The van der Waals surface area contributed by atoms with Gasteiger partial charge in [-0.2, -0.15) is 4.98 Å². The lowest BCUT2D eigenvalue weighted by Crippen LogP contribution is -2.04. The minimum atomic E-state index is -0.424. The summed E-state index contributed by atoms with van der Waals surface area (Å²) in [6, 6.07) is 9.78. The first-order chi connectivity index (χ1) is 15.1. The Hall–Kier alpha value is -4.15. The van der Waals surface area contributed by atoms with Crippen molar-refractivity contribution in [2.45, 2.75) is 20.1 Å². The van der Waals surface area contributed by atoms with E-state index in [9.17, 15) is 4.39 Å². The zero-order valence-electron chi connectivity index (χ0n) is 16.8.